The minimum atomic E-state index is 0.00326. The Labute approximate surface area is 158 Å². The molecule has 1 saturated carbocycles. The van der Waals surface area contributed by atoms with Crippen LogP contribution < -0.4 is 10.9 Å². The van der Waals surface area contributed by atoms with Crippen molar-refractivity contribution in [3.63, 3.8) is 0 Å². The standard InChI is InChI=1S/C20H26N4OS/c25-20-6-5-19(15-7-11-21-12-8-15)23-24(20)18-3-1-16(2-4-18)22-17-9-13-26-14-10-17/h5-8,11-12,16-18,22H,1-4,9-10,13-14H2. The first-order valence-corrected chi connectivity index (χ1v) is 10.8. The highest BCUT2D eigenvalue weighted by molar-refractivity contribution is 7.99. The molecule has 0 amide bonds. The average molecular weight is 371 g/mol. The van der Waals surface area contributed by atoms with Gasteiger partial charge in [0, 0.05) is 36.1 Å². The highest BCUT2D eigenvalue weighted by atomic mass is 32.2. The molecule has 0 spiro atoms. The number of rotatable bonds is 4. The molecule has 2 fully saturated rings. The number of nitrogens with zero attached hydrogens (tertiary/aromatic N) is 3. The molecular formula is C20H26N4OS. The minimum Gasteiger partial charge on any atom is -0.311 e. The average Bonchev–Trinajstić information content (AvgIpc) is 2.71. The van der Waals surface area contributed by atoms with Crippen LogP contribution in [0.1, 0.15) is 44.6 Å². The number of aromatic nitrogens is 3. The maximum Gasteiger partial charge on any atom is 0.267 e. The van der Waals surface area contributed by atoms with Crippen molar-refractivity contribution in [3.8, 4) is 11.3 Å². The number of pyridine rings is 1. The number of thioether (sulfide) groups is 1. The highest BCUT2D eigenvalue weighted by Gasteiger charge is 2.26. The molecule has 4 rings (SSSR count). The van der Waals surface area contributed by atoms with Gasteiger partial charge in [0.2, 0.25) is 0 Å². The summed E-state index contributed by atoms with van der Waals surface area (Å²) in [5, 5.41) is 8.51. The summed E-state index contributed by atoms with van der Waals surface area (Å²) in [6.45, 7) is 0. The summed E-state index contributed by atoms with van der Waals surface area (Å²) in [7, 11) is 0. The molecule has 2 aliphatic rings. The van der Waals surface area contributed by atoms with E-state index in [9.17, 15) is 4.79 Å². The quantitative estimate of drug-likeness (QED) is 0.895. The molecule has 1 saturated heterocycles. The highest BCUT2D eigenvalue weighted by Crippen LogP contribution is 2.29. The smallest absolute Gasteiger partial charge is 0.267 e. The van der Waals surface area contributed by atoms with E-state index >= 15 is 0 Å². The zero-order valence-corrected chi connectivity index (χ0v) is 15.8. The number of nitrogens with one attached hydrogen (secondary N) is 1. The molecule has 1 N–H and O–H groups in total. The van der Waals surface area contributed by atoms with Gasteiger partial charge in [-0.1, -0.05) is 0 Å². The third-order valence-electron chi connectivity index (χ3n) is 5.54. The molecule has 6 heteroatoms. The molecule has 5 nitrogen and oxygen atoms in total. The van der Waals surface area contributed by atoms with Gasteiger partial charge in [0.1, 0.15) is 0 Å². The predicted molar refractivity (Wildman–Crippen MR) is 107 cm³/mol. The Balaban J connectivity index is 1.41. The van der Waals surface area contributed by atoms with E-state index in [-0.39, 0.29) is 11.6 Å². The topological polar surface area (TPSA) is 59.8 Å². The van der Waals surface area contributed by atoms with Crippen LogP contribution in [0.15, 0.2) is 41.5 Å². The van der Waals surface area contributed by atoms with Gasteiger partial charge in [-0.2, -0.15) is 16.9 Å². The lowest BCUT2D eigenvalue weighted by Gasteiger charge is -2.33. The molecule has 2 aromatic rings. The summed E-state index contributed by atoms with van der Waals surface area (Å²) in [6, 6.07) is 8.81. The van der Waals surface area contributed by atoms with Crippen molar-refractivity contribution in [2.24, 2.45) is 0 Å². The first-order chi connectivity index (χ1) is 12.8. The molecule has 0 aromatic carbocycles. The van der Waals surface area contributed by atoms with E-state index < -0.39 is 0 Å². The largest absolute Gasteiger partial charge is 0.311 e. The van der Waals surface area contributed by atoms with Crippen molar-refractivity contribution in [3.05, 3.63) is 47.0 Å². The minimum absolute atomic E-state index is 0.00326. The van der Waals surface area contributed by atoms with Crippen LogP contribution >= 0.6 is 11.8 Å². The Morgan fingerprint density at radius 2 is 1.62 bits per heavy atom. The maximum absolute atomic E-state index is 12.4. The van der Waals surface area contributed by atoms with Crippen molar-refractivity contribution in [2.75, 3.05) is 11.5 Å². The van der Waals surface area contributed by atoms with Crippen LogP contribution in [0.4, 0.5) is 0 Å². The molecule has 138 valence electrons. The van der Waals surface area contributed by atoms with E-state index in [4.69, 9.17) is 0 Å². The molecular weight excluding hydrogens is 344 g/mol. The second kappa shape index (κ2) is 8.35. The van der Waals surface area contributed by atoms with Crippen LogP contribution in [-0.4, -0.2) is 38.4 Å². The van der Waals surface area contributed by atoms with Crippen molar-refractivity contribution in [1.82, 2.24) is 20.1 Å². The molecule has 26 heavy (non-hydrogen) atoms. The molecule has 0 radical (unpaired) electrons. The summed E-state index contributed by atoms with van der Waals surface area (Å²) in [5.74, 6) is 2.57. The summed E-state index contributed by atoms with van der Waals surface area (Å²) >= 11 is 2.07. The van der Waals surface area contributed by atoms with Gasteiger partial charge in [0.15, 0.2) is 0 Å². The van der Waals surface area contributed by atoms with Crippen LogP contribution in [0.5, 0.6) is 0 Å². The van der Waals surface area contributed by atoms with Gasteiger partial charge < -0.3 is 5.32 Å². The van der Waals surface area contributed by atoms with Gasteiger partial charge in [-0.25, -0.2) is 4.68 Å². The molecule has 2 aromatic heterocycles. The SMILES string of the molecule is O=c1ccc(-c2ccncc2)nn1C1CCC(NC2CCSCC2)CC1. The van der Waals surface area contributed by atoms with Crippen LogP contribution in [-0.2, 0) is 0 Å². The Bertz CT molecular complexity index is 765. The van der Waals surface area contributed by atoms with Gasteiger partial charge in [-0.05, 0) is 68.2 Å². The lowest BCUT2D eigenvalue weighted by atomic mass is 9.90. The van der Waals surface area contributed by atoms with E-state index in [1.165, 1.54) is 24.3 Å². The van der Waals surface area contributed by atoms with Gasteiger partial charge in [-0.3, -0.25) is 9.78 Å². The van der Waals surface area contributed by atoms with Gasteiger partial charge >= 0.3 is 0 Å². The normalized spacial score (nSPS) is 24.5. The molecule has 3 heterocycles. The van der Waals surface area contributed by atoms with E-state index in [2.05, 4.69) is 27.2 Å². The van der Waals surface area contributed by atoms with E-state index in [0.717, 1.165) is 36.9 Å². The molecule has 1 aliphatic carbocycles. The summed E-state index contributed by atoms with van der Waals surface area (Å²) in [4.78, 5) is 16.4. The number of hydrogen-bond acceptors (Lipinski definition) is 5. The van der Waals surface area contributed by atoms with Crippen molar-refractivity contribution >= 4 is 11.8 Å². The van der Waals surface area contributed by atoms with Crippen LogP contribution in [0.25, 0.3) is 11.3 Å². The lowest BCUT2D eigenvalue weighted by molar-refractivity contribution is 0.252. The predicted octanol–water partition coefficient (Wildman–Crippen LogP) is 3.27. The molecule has 1 aliphatic heterocycles. The lowest BCUT2D eigenvalue weighted by Crippen LogP contribution is -2.43. The fourth-order valence-electron chi connectivity index (χ4n) is 4.05. The Kier molecular flexibility index (Phi) is 5.70. The number of hydrogen-bond donors (Lipinski definition) is 1. The zero-order valence-electron chi connectivity index (χ0n) is 15.0. The van der Waals surface area contributed by atoms with E-state index in [1.54, 1.807) is 23.1 Å². The second-order valence-electron chi connectivity index (χ2n) is 7.30. The van der Waals surface area contributed by atoms with Crippen molar-refractivity contribution in [1.29, 1.82) is 0 Å². The molecule has 0 unspecified atom stereocenters. The fourth-order valence-corrected chi connectivity index (χ4v) is 5.15. The van der Waals surface area contributed by atoms with Crippen molar-refractivity contribution < 1.29 is 0 Å². The Hall–Kier alpha value is -1.66. The first kappa shape index (κ1) is 17.7. The maximum atomic E-state index is 12.4. The third-order valence-corrected chi connectivity index (χ3v) is 6.59. The van der Waals surface area contributed by atoms with Crippen LogP contribution in [0.2, 0.25) is 0 Å². The summed E-state index contributed by atoms with van der Waals surface area (Å²) < 4.78 is 1.71. The molecule has 0 bridgehead atoms. The zero-order chi connectivity index (χ0) is 17.8. The Morgan fingerprint density at radius 3 is 2.35 bits per heavy atom. The van der Waals surface area contributed by atoms with E-state index in [0.29, 0.717) is 12.1 Å². The monoisotopic (exact) mass is 370 g/mol. The van der Waals surface area contributed by atoms with Gasteiger partial charge in [-0.15, -0.1) is 0 Å². The van der Waals surface area contributed by atoms with Crippen LogP contribution in [0, 0.1) is 0 Å². The first-order valence-electron chi connectivity index (χ1n) is 9.63. The molecule has 0 atom stereocenters. The van der Waals surface area contributed by atoms with Crippen LogP contribution in [0.3, 0.4) is 0 Å². The second-order valence-corrected chi connectivity index (χ2v) is 8.52. The van der Waals surface area contributed by atoms with E-state index in [1.807, 2.05) is 18.2 Å². The van der Waals surface area contributed by atoms with Crippen molar-refractivity contribution in [2.45, 2.75) is 56.7 Å². The van der Waals surface area contributed by atoms with Gasteiger partial charge in [0.25, 0.3) is 5.56 Å². The Morgan fingerprint density at radius 1 is 0.923 bits per heavy atom. The fraction of sp³-hybridized carbons (Fsp3) is 0.550. The third kappa shape index (κ3) is 4.18. The van der Waals surface area contributed by atoms with Gasteiger partial charge in [0.05, 0.1) is 11.7 Å². The summed E-state index contributed by atoms with van der Waals surface area (Å²) in [6.07, 6.45) is 10.4. The summed E-state index contributed by atoms with van der Waals surface area (Å²) in [5.41, 5.74) is 1.84.